The van der Waals surface area contributed by atoms with Crippen LogP contribution in [0.2, 0.25) is 10.0 Å². The van der Waals surface area contributed by atoms with Crippen molar-refractivity contribution in [3.8, 4) is 0 Å². The molecule has 0 radical (unpaired) electrons. The number of benzene rings is 2. The lowest BCUT2D eigenvalue weighted by Gasteiger charge is -2.25. The van der Waals surface area contributed by atoms with E-state index in [-0.39, 0.29) is 36.2 Å². The van der Waals surface area contributed by atoms with Crippen molar-refractivity contribution in [2.45, 2.75) is 24.8 Å². The quantitative estimate of drug-likeness (QED) is 0.710. The fourth-order valence-corrected chi connectivity index (χ4v) is 2.90. The molecule has 0 aliphatic carbocycles. The second kappa shape index (κ2) is 9.23. The summed E-state index contributed by atoms with van der Waals surface area (Å²) >= 11 is 11.8. The monoisotopic (exact) mass is 391 g/mol. The van der Waals surface area contributed by atoms with Gasteiger partial charge in [-0.2, -0.15) is 0 Å². The first kappa shape index (κ1) is 20.7. The lowest BCUT2D eigenvalue weighted by molar-refractivity contribution is -0.137. The summed E-state index contributed by atoms with van der Waals surface area (Å²) in [7, 11) is 0. The summed E-state index contributed by atoms with van der Waals surface area (Å²) in [4.78, 5) is 10.9. The molecule has 130 valence electrons. The summed E-state index contributed by atoms with van der Waals surface area (Å²) in [5.41, 5.74) is 7.68. The predicted molar refractivity (Wildman–Crippen MR) is 96.6 cm³/mol. The van der Waals surface area contributed by atoms with E-state index in [1.807, 2.05) is 0 Å². The Morgan fingerprint density at radius 2 is 1.71 bits per heavy atom. The summed E-state index contributed by atoms with van der Waals surface area (Å²) in [6.45, 7) is 0. The van der Waals surface area contributed by atoms with Crippen LogP contribution < -0.4 is 5.73 Å². The van der Waals surface area contributed by atoms with E-state index in [1.165, 1.54) is 12.1 Å². The van der Waals surface area contributed by atoms with Crippen molar-refractivity contribution < 1.29 is 14.3 Å². The van der Waals surface area contributed by atoms with E-state index in [0.717, 1.165) is 5.56 Å². The van der Waals surface area contributed by atoms with Crippen molar-refractivity contribution >= 4 is 41.6 Å². The molecular formula is C17H17Cl3FNO2. The van der Waals surface area contributed by atoms with Gasteiger partial charge in [0.15, 0.2) is 0 Å². The second-order valence-corrected chi connectivity index (χ2v) is 6.19. The maximum Gasteiger partial charge on any atom is 0.303 e. The molecule has 2 unspecified atom stereocenters. The Labute approximate surface area is 156 Å². The predicted octanol–water partition coefficient (Wildman–Crippen LogP) is 5.20. The van der Waals surface area contributed by atoms with Crippen molar-refractivity contribution in [2.24, 2.45) is 5.73 Å². The number of rotatable bonds is 6. The third-order valence-electron chi connectivity index (χ3n) is 3.67. The highest BCUT2D eigenvalue weighted by Gasteiger charge is 2.23. The van der Waals surface area contributed by atoms with Crippen LogP contribution in [0.25, 0.3) is 0 Å². The van der Waals surface area contributed by atoms with Gasteiger partial charge in [0.25, 0.3) is 0 Å². The Hall–Kier alpha value is -1.33. The van der Waals surface area contributed by atoms with Crippen LogP contribution in [0.5, 0.6) is 0 Å². The van der Waals surface area contributed by atoms with Crippen LogP contribution >= 0.6 is 35.6 Å². The molecule has 0 saturated carbocycles. The minimum Gasteiger partial charge on any atom is -0.481 e. The molecule has 3 N–H and O–H groups in total. The number of hydrogen-bond donors (Lipinski definition) is 2. The van der Waals surface area contributed by atoms with Gasteiger partial charge >= 0.3 is 5.97 Å². The molecule has 0 aliphatic heterocycles. The minimum absolute atomic E-state index is 0. The second-order valence-electron chi connectivity index (χ2n) is 5.32. The van der Waals surface area contributed by atoms with E-state index in [0.29, 0.717) is 10.6 Å². The molecule has 0 fully saturated rings. The first-order valence-electron chi connectivity index (χ1n) is 7.05. The summed E-state index contributed by atoms with van der Waals surface area (Å²) in [6.07, 6.45) is 0.207. The topological polar surface area (TPSA) is 63.3 Å². The van der Waals surface area contributed by atoms with Gasteiger partial charge < -0.3 is 10.8 Å². The van der Waals surface area contributed by atoms with Crippen molar-refractivity contribution in [3.63, 3.8) is 0 Å². The van der Waals surface area contributed by atoms with E-state index >= 15 is 0 Å². The van der Waals surface area contributed by atoms with Crippen LogP contribution in [0.4, 0.5) is 4.39 Å². The lowest BCUT2D eigenvalue weighted by Crippen LogP contribution is -2.21. The maximum absolute atomic E-state index is 13.6. The number of carboxylic acid groups (broad SMARTS) is 1. The van der Waals surface area contributed by atoms with Gasteiger partial charge in [0.1, 0.15) is 5.82 Å². The molecule has 2 aromatic rings. The molecule has 3 nitrogen and oxygen atoms in total. The Kier molecular flexibility index (Phi) is 7.97. The summed E-state index contributed by atoms with van der Waals surface area (Å²) in [5, 5.41) is 9.78. The molecule has 0 amide bonds. The van der Waals surface area contributed by atoms with E-state index < -0.39 is 17.8 Å². The molecule has 24 heavy (non-hydrogen) atoms. The summed E-state index contributed by atoms with van der Waals surface area (Å²) in [6, 6.07) is 10.6. The number of carboxylic acids is 1. The van der Waals surface area contributed by atoms with Crippen LogP contribution in [-0.2, 0) is 4.79 Å². The molecule has 0 heterocycles. The number of hydrogen-bond acceptors (Lipinski definition) is 2. The number of halogens is 4. The molecule has 2 aromatic carbocycles. The van der Waals surface area contributed by atoms with E-state index in [2.05, 4.69) is 0 Å². The summed E-state index contributed by atoms with van der Waals surface area (Å²) in [5.74, 6) is -1.78. The zero-order valence-corrected chi connectivity index (χ0v) is 14.9. The Morgan fingerprint density at radius 3 is 2.25 bits per heavy atom. The van der Waals surface area contributed by atoms with E-state index in [1.54, 1.807) is 30.3 Å². The highest BCUT2D eigenvalue weighted by molar-refractivity contribution is 6.30. The van der Waals surface area contributed by atoms with Crippen molar-refractivity contribution in [2.75, 3.05) is 0 Å². The fraction of sp³-hybridized carbons (Fsp3) is 0.235. The molecule has 0 bridgehead atoms. The molecule has 2 rings (SSSR count). The lowest BCUT2D eigenvalue weighted by atomic mass is 9.84. The fourth-order valence-electron chi connectivity index (χ4n) is 2.54. The number of carbonyl (C=O) groups is 1. The summed E-state index contributed by atoms with van der Waals surface area (Å²) < 4.78 is 13.6. The number of aliphatic carboxylic acids is 1. The first-order valence-corrected chi connectivity index (χ1v) is 7.81. The number of nitrogens with two attached hydrogens (primary N) is 1. The zero-order chi connectivity index (χ0) is 17.0. The molecule has 0 aliphatic rings. The largest absolute Gasteiger partial charge is 0.481 e. The van der Waals surface area contributed by atoms with Gasteiger partial charge in [-0.15, -0.1) is 12.4 Å². The normalized spacial score (nSPS) is 13.0. The molecule has 7 heteroatoms. The first-order chi connectivity index (χ1) is 10.9. The molecule has 2 atom stereocenters. The molecule has 0 spiro atoms. The van der Waals surface area contributed by atoms with Gasteiger partial charge in [-0.3, -0.25) is 4.79 Å². The van der Waals surface area contributed by atoms with Crippen LogP contribution in [0.1, 0.15) is 35.9 Å². The van der Waals surface area contributed by atoms with Crippen LogP contribution in [0.15, 0.2) is 42.5 Å². The Balaban J connectivity index is 0.00000288. The van der Waals surface area contributed by atoms with Crippen LogP contribution in [0.3, 0.4) is 0 Å². The highest BCUT2D eigenvalue weighted by atomic mass is 35.5. The van der Waals surface area contributed by atoms with Crippen LogP contribution in [-0.4, -0.2) is 11.1 Å². The SMILES string of the molecule is Cl.NC(c1ccc(Cl)cc1)C(CCC(=O)O)c1cc(F)cc(Cl)c1. The van der Waals surface area contributed by atoms with Crippen molar-refractivity contribution in [3.05, 3.63) is 69.5 Å². The van der Waals surface area contributed by atoms with Gasteiger partial charge in [-0.05, 0) is 47.9 Å². The van der Waals surface area contributed by atoms with E-state index in [4.69, 9.17) is 34.0 Å². The molecule has 0 saturated heterocycles. The van der Waals surface area contributed by atoms with Gasteiger partial charge in [0.2, 0.25) is 0 Å². The third kappa shape index (κ3) is 5.64. The molecule has 0 aromatic heterocycles. The average Bonchev–Trinajstić information content (AvgIpc) is 2.46. The van der Waals surface area contributed by atoms with Gasteiger partial charge in [0, 0.05) is 28.4 Å². The van der Waals surface area contributed by atoms with E-state index in [9.17, 15) is 9.18 Å². The van der Waals surface area contributed by atoms with Crippen LogP contribution in [0, 0.1) is 5.82 Å². The third-order valence-corrected chi connectivity index (χ3v) is 4.14. The molecular weight excluding hydrogens is 376 g/mol. The Morgan fingerprint density at radius 1 is 1.08 bits per heavy atom. The van der Waals surface area contributed by atoms with Crippen molar-refractivity contribution in [1.29, 1.82) is 0 Å². The van der Waals surface area contributed by atoms with Gasteiger partial charge in [0.05, 0.1) is 0 Å². The van der Waals surface area contributed by atoms with Crippen molar-refractivity contribution in [1.82, 2.24) is 0 Å². The smallest absolute Gasteiger partial charge is 0.303 e. The van der Waals surface area contributed by atoms with Gasteiger partial charge in [-0.1, -0.05) is 35.3 Å². The van der Waals surface area contributed by atoms with Gasteiger partial charge in [-0.25, -0.2) is 4.39 Å². The average molecular weight is 393 g/mol. The zero-order valence-electron chi connectivity index (χ0n) is 12.6. The maximum atomic E-state index is 13.6. The standard InChI is InChI=1S/C17H16Cl2FNO2.ClH/c18-12-3-1-10(2-4-12)17(21)15(5-6-16(22)23)11-7-13(19)9-14(20)8-11;/h1-4,7-9,15,17H,5-6,21H2,(H,22,23);1H. The highest BCUT2D eigenvalue weighted by Crippen LogP contribution is 2.35. The Bertz CT molecular complexity index is 674. The minimum atomic E-state index is -0.930.